The molecular formula is C42H45IrN2O3-. The number of aryl methyl sites for hydroxylation is 2. The molecule has 3 aromatic heterocycles. The number of nitrogens with zero attached hydrogens (tertiary/aromatic N) is 2. The number of carbonyl (C=O) groups is 1. The largest absolute Gasteiger partial charge is 0.512 e. The second kappa shape index (κ2) is 16.3. The number of aromatic nitrogens is 2. The van der Waals surface area contributed by atoms with Gasteiger partial charge in [-0.15, -0.1) is 18.2 Å². The minimum atomic E-state index is 0. The molecule has 0 amide bonds. The van der Waals surface area contributed by atoms with Crippen LogP contribution in [0.4, 0.5) is 0 Å². The standard InChI is InChI=1S/C29H21N2O.C13H24O2.Ir/c1-17-13-23-21-7-6-8-22(26-9-4-5-11-31-26)28(21)32-29(23)24(14-17)27-19(3)18(2)15-20-10-12-30-16-25(20)27;1-5-10(6-2)12(14)9-13(15)11(7-3)8-4;/h4-7,9-16H,1-3H3;9-11,14H,5-8H2,1-4H3;/q-1;;/b;12-9-;. The number of fused-ring (bicyclic) bond motifs is 4. The molecule has 0 aliphatic rings. The second-order valence-electron chi connectivity index (χ2n) is 12.4. The Balaban J connectivity index is 0.000000279. The molecular weight excluding hydrogens is 773 g/mol. The third kappa shape index (κ3) is 7.46. The molecule has 0 fully saturated rings. The normalized spacial score (nSPS) is 11.6. The number of carbonyl (C=O) groups excluding carboxylic acids is 1. The number of hydrogen-bond acceptors (Lipinski definition) is 5. The number of hydrogen-bond donors (Lipinski definition) is 1. The summed E-state index contributed by atoms with van der Waals surface area (Å²) >= 11 is 0. The molecule has 3 heterocycles. The zero-order chi connectivity index (χ0) is 33.7. The van der Waals surface area contributed by atoms with Gasteiger partial charge in [0.05, 0.1) is 11.3 Å². The summed E-state index contributed by atoms with van der Waals surface area (Å²) in [6.45, 7) is 14.6. The Hall–Kier alpha value is -4.12. The van der Waals surface area contributed by atoms with Gasteiger partial charge >= 0.3 is 0 Å². The van der Waals surface area contributed by atoms with E-state index in [-0.39, 0.29) is 43.5 Å². The molecule has 48 heavy (non-hydrogen) atoms. The van der Waals surface area contributed by atoms with Crippen molar-refractivity contribution < 1.29 is 34.4 Å². The summed E-state index contributed by atoms with van der Waals surface area (Å²) in [6, 6.07) is 22.0. The van der Waals surface area contributed by atoms with Gasteiger partial charge in [0.15, 0.2) is 5.78 Å². The van der Waals surface area contributed by atoms with Crippen LogP contribution in [-0.2, 0) is 24.9 Å². The predicted molar refractivity (Wildman–Crippen MR) is 195 cm³/mol. The zero-order valence-corrected chi connectivity index (χ0v) is 31.4. The van der Waals surface area contributed by atoms with Crippen molar-refractivity contribution in [1.82, 2.24) is 9.97 Å². The fourth-order valence-corrected chi connectivity index (χ4v) is 6.48. The maximum atomic E-state index is 11.7. The van der Waals surface area contributed by atoms with Crippen LogP contribution in [0.15, 0.2) is 89.4 Å². The molecule has 5 nitrogen and oxygen atoms in total. The first-order valence-corrected chi connectivity index (χ1v) is 16.8. The molecule has 6 rings (SSSR count). The number of rotatable bonds is 9. The minimum Gasteiger partial charge on any atom is -0.512 e. The number of pyridine rings is 2. The van der Waals surface area contributed by atoms with Crippen molar-refractivity contribution in [3.8, 4) is 22.4 Å². The second-order valence-corrected chi connectivity index (χ2v) is 12.4. The maximum Gasteiger partial charge on any atom is 0.162 e. The molecule has 3 aromatic carbocycles. The number of benzene rings is 3. The van der Waals surface area contributed by atoms with Crippen LogP contribution >= 0.6 is 0 Å². The predicted octanol–water partition coefficient (Wildman–Crippen LogP) is 11.5. The number of aliphatic hydroxyl groups is 1. The van der Waals surface area contributed by atoms with Crippen LogP contribution in [-0.4, -0.2) is 20.9 Å². The molecule has 0 aliphatic carbocycles. The van der Waals surface area contributed by atoms with Gasteiger partial charge in [-0.1, -0.05) is 56.8 Å². The smallest absolute Gasteiger partial charge is 0.162 e. The quantitative estimate of drug-likeness (QED) is 0.0893. The van der Waals surface area contributed by atoms with Crippen LogP contribution in [0.2, 0.25) is 0 Å². The minimum absolute atomic E-state index is 0. The number of allylic oxidation sites excluding steroid dienone is 2. The Bertz CT molecular complexity index is 2060. The van der Waals surface area contributed by atoms with Crippen LogP contribution in [0.3, 0.4) is 0 Å². The Morgan fingerprint density at radius 1 is 0.875 bits per heavy atom. The maximum absolute atomic E-state index is 11.7. The van der Waals surface area contributed by atoms with E-state index in [0.717, 1.165) is 69.8 Å². The van der Waals surface area contributed by atoms with E-state index < -0.39 is 0 Å². The fourth-order valence-electron chi connectivity index (χ4n) is 6.48. The summed E-state index contributed by atoms with van der Waals surface area (Å²) in [4.78, 5) is 20.7. The molecule has 0 aliphatic heterocycles. The van der Waals surface area contributed by atoms with Gasteiger partial charge in [-0.25, -0.2) is 0 Å². The molecule has 6 heteroatoms. The SMILES string of the molecule is CCC(CC)C(=O)/C=C(\O)C(CC)CC.Cc1cc(-c2c(C)c(C)cc3ccncc23)c2oc3c(-c4ccccn4)[c-]ccc3c2c1.[Ir]. The Morgan fingerprint density at radius 3 is 2.27 bits per heavy atom. The van der Waals surface area contributed by atoms with Crippen molar-refractivity contribution in [2.75, 3.05) is 0 Å². The molecule has 6 aromatic rings. The average Bonchev–Trinajstić information content (AvgIpc) is 3.45. The van der Waals surface area contributed by atoms with Crippen LogP contribution in [0.5, 0.6) is 0 Å². The Labute approximate surface area is 297 Å². The van der Waals surface area contributed by atoms with Crippen LogP contribution < -0.4 is 0 Å². The first-order chi connectivity index (χ1) is 22.7. The third-order valence-corrected chi connectivity index (χ3v) is 9.41. The van der Waals surface area contributed by atoms with Crippen LogP contribution in [0.25, 0.3) is 55.1 Å². The first-order valence-electron chi connectivity index (χ1n) is 16.8. The topological polar surface area (TPSA) is 76.2 Å². The van der Waals surface area contributed by atoms with E-state index in [9.17, 15) is 9.90 Å². The van der Waals surface area contributed by atoms with E-state index in [4.69, 9.17) is 4.42 Å². The molecule has 0 saturated carbocycles. The van der Waals surface area contributed by atoms with Crippen LogP contribution in [0, 0.1) is 38.7 Å². The molecule has 1 N–H and O–H groups in total. The average molecular weight is 818 g/mol. The van der Waals surface area contributed by atoms with Crippen molar-refractivity contribution >= 4 is 38.5 Å². The molecule has 1 radical (unpaired) electrons. The monoisotopic (exact) mass is 818 g/mol. The van der Waals surface area contributed by atoms with Crippen molar-refractivity contribution in [3.05, 3.63) is 108 Å². The molecule has 0 unspecified atom stereocenters. The molecule has 0 bridgehead atoms. The van der Waals surface area contributed by atoms with E-state index >= 15 is 0 Å². The van der Waals surface area contributed by atoms with E-state index in [2.05, 4.69) is 67.1 Å². The summed E-state index contributed by atoms with van der Waals surface area (Å²) < 4.78 is 6.63. The summed E-state index contributed by atoms with van der Waals surface area (Å²) in [6.07, 6.45) is 10.5. The van der Waals surface area contributed by atoms with Crippen LogP contribution in [0.1, 0.15) is 70.1 Å². The Morgan fingerprint density at radius 2 is 1.60 bits per heavy atom. The summed E-state index contributed by atoms with van der Waals surface area (Å²) in [5.74, 6) is 0.547. The fraction of sp³-hybridized carbons (Fsp3) is 0.310. The third-order valence-electron chi connectivity index (χ3n) is 9.41. The van der Waals surface area contributed by atoms with Crippen molar-refractivity contribution in [2.24, 2.45) is 11.8 Å². The van der Waals surface area contributed by atoms with E-state index in [1.807, 2.05) is 64.4 Å². The van der Waals surface area contributed by atoms with E-state index in [1.54, 1.807) is 6.20 Å². The number of furan rings is 1. The van der Waals surface area contributed by atoms with Gasteiger partial charge in [0.2, 0.25) is 0 Å². The Kier molecular flexibility index (Phi) is 12.5. The molecule has 251 valence electrons. The van der Waals surface area contributed by atoms with Gasteiger partial charge < -0.3 is 14.5 Å². The first kappa shape index (κ1) is 36.7. The van der Waals surface area contributed by atoms with Gasteiger partial charge in [-0.05, 0) is 104 Å². The van der Waals surface area contributed by atoms with Gasteiger partial charge in [0, 0.05) is 72.9 Å². The zero-order valence-electron chi connectivity index (χ0n) is 29.0. The summed E-state index contributed by atoms with van der Waals surface area (Å²) in [7, 11) is 0. The number of ketones is 1. The van der Waals surface area contributed by atoms with Gasteiger partial charge in [0.25, 0.3) is 0 Å². The van der Waals surface area contributed by atoms with Crippen molar-refractivity contribution in [1.29, 1.82) is 0 Å². The van der Waals surface area contributed by atoms with Gasteiger partial charge in [0.1, 0.15) is 5.58 Å². The van der Waals surface area contributed by atoms with Gasteiger partial charge in [-0.2, -0.15) is 0 Å². The van der Waals surface area contributed by atoms with Crippen molar-refractivity contribution in [2.45, 2.75) is 74.1 Å². The molecule has 0 atom stereocenters. The number of aliphatic hydroxyl groups excluding tert-OH is 1. The van der Waals surface area contributed by atoms with E-state index in [0.29, 0.717) is 0 Å². The summed E-state index contributed by atoms with van der Waals surface area (Å²) in [5, 5.41) is 14.3. The summed E-state index contributed by atoms with van der Waals surface area (Å²) in [5.41, 5.74) is 9.43. The van der Waals surface area contributed by atoms with Gasteiger partial charge in [-0.3, -0.25) is 9.78 Å². The molecule has 0 saturated heterocycles. The van der Waals surface area contributed by atoms with Crippen molar-refractivity contribution in [3.63, 3.8) is 0 Å². The van der Waals surface area contributed by atoms with E-state index in [1.165, 1.54) is 33.7 Å². The molecule has 0 spiro atoms.